The Morgan fingerprint density at radius 1 is 1.47 bits per heavy atom. The number of rotatable bonds is 5. The third-order valence-corrected chi connectivity index (χ3v) is 2.69. The molecule has 1 aromatic rings. The normalized spacial score (nSPS) is 10.3. The largest absolute Gasteiger partial charge is 0.336 e. The van der Waals surface area contributed by atoms with Crippen LogP contribution < -0.4 is 0 Å². The summed E-state index contributed by atoms with van der Waals surface area (Å²) < 4.78 is 0. The van der Waals surface area contributed by atoms with E-state index in [-0.39, 0.29) is 12.3 Å². The highest BCUT2D eigenvalue weighted by Gasteiger charge is 2.31. The first-order valence-electron chi connectivity index (χ1n) is 5.97. The zero-order valence-electron chi connectivity index (χ0n) is 11.1. The minimum Gasteiger partial charge on any atom is -0.336 e. The van der Waals surface area contributed by atoms with Gasteiger partial charge in [-0.15, -0.1) is 0 Å². The number of pyridine rings is 1. The number of carbonyl (C=O) groups is 1. The highest BCUT2D eigenvalue weighted by molar-refractivity contribution is 5.84. The summed E-state index contributed by atoms with van der Waals surface area (Å²) >= 11 is 0. The zero-order chi connectivity index (χ0) is 14.3. The van der Waals surface area contributed by atoms with Gasteiger partial charge in [0.1, 0.15) is 5.41 Å². The van der Waals surface area contributed by atoms with Crippen molar-refractivity contribution in [3.63, 3.8) is 0 Å². The summed E-state index contributed by atoms with van der Waals surface area (Å²) in [6, 6.07) is 7.66. The van der Waals surface area contributed by atoms with E-state index >= 15 is 0 Å². The van der Waals surface area contributed by atoms with Crippen molar-refractivity contribution in [3.8, 4) is 12.1 Å². The van der Waals surface area contributed by atoms with Crippen LogP contribution in [-0.2, 0) is 11.3 Å². The molecular weight excluding hydrogens is 240 g/mol. The minimum atomic E-state index is -1.09. The lowest BCUT2D eigenvalue weighted by atomic mass is 9.93. The maximum Gasteiger partial charge on any atom is 0.242 e. The summed E-state index contributed by atoms with van der Waals surface area (Å²) in [5, 5.41) is 17.7. The number of amides is 1. The van der Waals surface area contributed by atoms with Gasteiger partial charge in [-0.25, -0.2) is 0 Å². The van der Waals surface area contributed by atoms with Crippen molar-refractivity contribution in [2.45, 2.75) is 26.8 Å². The summed E-state index contributed by atoms with van der Waals surface area (Å²) in [6.45, 7) is 3.84. The molecule has 0 N–H and O–H groups in total. The Labute approximate surface area is 113 Å². The van der Waals surface area contributed by atoms with Gasteiger partial charge >= 0.3 is 0 Å². The molecule has 0 saturated carbocycles. The van der Waals surface area contributed by atoms with Crippen molar-refractivity contribution < 1.29 is 4.79 Å². The zero-order valence-corrected chi connectivity index (χ0v) is 11.1. The molecule has 0 radical (unpaired) electrons. The van der Waals surface area contributed by atoms with Crippen LogP contribution in [0.2, 0.25) is 0 Å². The second kappa shape index (κ2) is 6.51. The maximum absolute atomic E-state index is 12.3. The molecule has 0 atom stereocenters. The fourth-order valence-corrected chi connectivity index (χ4v) is 1.59. The van der Waals surface area contributed by atoms with Gasteiger partial charge in [0.25, 0.3) is 0 Å². The number of nitriles is 2. The van der Waals surface area contributed by atoms with E-state index in [2.05, 4.69) is 4.98 Å². The van der Waals surface area contributed by atoms with Crippen LogP contribution in [0.25, 0.3) is 0 Å². The molecule has 0 aliphatic heterocycles. The first-order valence-corrected chi connectivity index (χ1v) is 5.97. The summed E-state index contributed by atoms with van der Waals surface area (Å²) in [5.41, 5.74) is -0.208. The van der Waals surface area contributed by atoms with Crippen molar-refractivity contribution in [3.05, 3.63) is 30.1 Å². The Hall–Kier alpha value is -2.40. The van der Waals surface area contributed by atoms with E-state index in [1.165, 1.54) is 4.90 Å². The molecule has 1 rings (SSSR count). The van der Waals surface area contributed by atoms with Gasteiger partial charge in [0, 0.05) is 25.5 Å². The van der Waals surface area contributed by atoms with E-state index in [4.69, 9.17) is 10.5 Å². The third-order valence-electron chi connectivity index (χ3n) is 2.69. The molecule has 19 heavy (non-hydrogen) atoms. The Morgan fingerprint density at radius 2 is 2.21 bits per heavy atom. The van der Waals surface area contributed by atoms with Gasteiger partial charge in [0.05, 0.1) is 18.6 Å². The van der Waals surface area contributed by atoms with Crippen LogP contribution in [0.4, 0.5) is 0 Å². The monoisotopic (exact) mass is 256 g/mol. The minimum absolute atomic E-state index is 0.244. The number of aromatic nitrogens is 1. The van der Waals surface area contributed by atoms with E-state index in [1.54, 1.807) is 32.3 Å². The summed E-state index contributed by atoms with van der Waals surface area (Å²) in [5.74, 6) is -0.269. The molecule has 0 fully saturated rings. The summed E-state index contributed by atoms with van der Waals surface area (Å²) in [4.78, 5) is 17.8. The van der Waals surface area contributed by atoms with Crippen LogP contribution in [0, 0.1) is 28.1 Å². The molecule has 1 amide bonds. The van der Waals surface area contributed by atoms with E-state index in [1.807, 2.05) is 18.2 Å². The third kappa shape index (κ3) is 4.08. The van der Waals surface area contributed by atoms with E-state index in [0.717, 1.165) is 5.56 Å². The Kier molecular flexibility index (Phi) is 5.02. The Morgan fingerprint density at radius 3 is 2.74 bits per heavy atom. The van der Waals surface area contributed by atoms with Crippen molar-refractivity contribution in [2.24, 2.45) is 5.41 Å². The summed E-state index contributed by atoms with van der Waals surface area (Å²) in [7, 11) is 0. The molecule has 1 aromatic heterocycles. The van der Waals surface area contributed by atoms with Gasteiger partial charge in [-0.3, -0.25) is 9.78 Å². The molecule has 98 valence electrons. The lowest BCUT2D eigenvalue weighted by Crippen LogP contribution is -2.40. The predicted octanol–water partition coefficient (Wildman–Crippen LogP) is 1.87. The second-order valence-corrected chi connectivity index (χ2v) is 4.73. The maximum atomic E-state index is 12.3. The SMILES string of the molecule is CC(C)(C#N)C(=O)N(CCC#N)Cc1cccnc1. The molecule has 5 nitrogen and oxygen atoms in total. The van der Waals surface area contributed by atoms with Gasteiger partial charge in [0.15, 0.2) is 0 Å². The van der Waals surface area contributed by atoms with Crippen molar-refractivity contribution in [1.82, 2.24) is 9.88 Å². The molecule has 0 aliphatic rings. The van der Waals surface area contributed by atoms with Crippen LogP contribution in [0.3, 0.4) is 0 Å². The molecule has 1 heterocycles. The fourth-order valence-electron chi connectivity index (χ4n) is 1.59. The summed E-state index contributed by atoms with van der Waals surface area (Å²) in [6.07, 6.45) is 3.57. The van der Waals surface area contributed by atoms with E-state index in [9.17, 15) is 4.79 Å². The quantitative estimate of drug-likeness (QED) is 0.805. The van der Waals surface area contributed by atoms with E-state index in [0.29, 0.717) is 13.1 Å². The topological polar surface area (TPSA) is 80.8 Å². The lowest BCUT2D eigenvalue weighted by molar-refractivity contribution is -0.138. The number of nitrogens with zero attached hydrogens (tertiary/aromatic N) is 4. The number of hydrogen-bond acceptors (Lipinski definition) is 4. The molecule has 5 heteroatoms. The van der Waals surface area contributed by atoms with Crippen LogP contribution in [-0.4, -0.2) is 22.3 Å². The van der Waals surface area contributed by atoms with E-state index < -0.39 is 5.41 Å². The van der Waals surface area contributed by atoms with Crippen LogP contribution in [0.1, 0.15) is 25.8 Å². The molecule has 0 spiro atoms. The van der Waals surface area contributed by atoms with Gasteiger partial charge in [0.2, 0.25) is 5.91 Å². The highest BCUT2D eigenvalue weighted by atomic mass is 16.2. The molecular formula is C14H16N4O. The molecule has 0 aromatic carbocycles. The molecule has 0 bridgehead atoms. The lowest BCUT2D eigenvalue weighted by Gasteiger charge is -2.27. The number of hydrogen-bond donors (Lipinski definition) is 0. The average Bonchev–Trinajstić information content (AvgIpc) is 2.43. The van der Waals surface area contributed by atoms with Crippen LogP contribution in [0.5, 0.6) is 0 Å². The fraction of sp³-hybridized carbons (Fsp3) is 0.429. The predicted molar refractivity (Wildman–Crippen MR) is 69.3 cm³/mol. The average molecular weight is 256 g/mol. The standard InChI is InChI=1S/C14H16N4O/c1-14(2,11-16)13(19)18(8-4-6-15)10-12-5-3-7-17-9-12/h3,5,7,9H,4,8,10H2,1-2H3. The van der Waals surface area contributed by atoms with Gasteiger partial charge in [-0.2, -0.15) is 10.5 Å². The van der Waals surface area contributed by atoms with Crippen molar-refractivity contribution in [2.75, 3.05) is 6.54 Å². The molecule has 0 aliphatic carbocycles. The first-order chi connectivity index (χ1) is 9.01. The Bertz CT molecular complexity index is 510. The van der Waals surface area contributed by atoms with Crippen molar-refractivity contribution in [1.29, 1.82) is 10.5 Å². The highest BCUT2D eigenvalue weighted by Crippen LogP contribution is 2.19. The Balaban J connectivity index is 2.87. The van der Waals surface area contributed by atoms with Crippen LogP contribution in [0.15, 0.2) is 24.5 Å². The van der Waals surface area contributed by atoms with Gasteiger partial charge in [-0.05, 0) is 25.5 Å². The number of carbonyl (C=O) groups excluding carboxylic acids is 1. The van der Waals surface area contributed by atoms with Gasteiger partial charge in [-0.1, -0.05) is 6.07 Å². The van der Waals surface area contributed by atoms with Gasteiger partial charge < -0.3 is 4.90 Å². The van der Waals surface area contributed by atoms with Crippen LogP contribution >= 0.6 is 0 Å². The van der Waals surface area contributed by atoms with Crippen molar-refractivity contribution >= 4 is 5.91 Å². The first kappa shape index (κ1) is 14.7. The molecule has 0 saturated heterocycles. The smallest absolute Gasteiger partial charge is 0.242 e. The second-order valence-electron chi connectivity index (χ2n) is 4.73. The molecule has 0 unspecified atom stereocenters.